The Labute approximate surface area is 111 Å². The quantitative estimate of drug-likeness (QED) is 0.695. The lowest BCUT2D eigenvalue weighted by molar-refractivity contribution is 0.433. The second-order valence-electron chi connectivity index (χ2n) is 3.47. The van der Waals surface area contributed by atoms with Crippen molar-refractivity contribution in [2.24, 2.45) is 0 Å². The summed E-state index contributed by atoms with van der Waals surface area (Å²) in [6.07, 6.45) is 0. The van der Waals surface area contributed by atoms with Gasteiger partial charge in [0.05, 0.1) is 5.02 Å². The van der Waals surface area contributed by atoms with E-state index in [1.807, 2.05) is 29.8 Å². The van der Waals surface area contributed by atoms with Crippen LogP contribution in [-0.2, 0) is 0 Å². The molecule has 6 heteroatoms. The summed E-state index contributed by atoms with van der Waals surface area (Å²) in [5.41, 5.74) is 0.982. The van der Waals surface area contributed by atoms with Crippen molar-refractivity contribution in [1.82, 2.24) is 10.1 Å². The van der Waals surface area contributed by atoms with Gasteiger partial charge in [-0.15, -0.1) is 22.7 Å². The molecule has 0 aliphatic heterocycles. The molecule has 0 aliphatic carbocycles. The molecule has 0 spiro atoms. The Balaban J connectivity index is 2.01. The van der Waals surface area contributed by atoms with Gasteiger partial charge in [-0.1, -0.05) is 16.8 Å². The highest BCUT2D eigenvalue weighted by atomic mass is 35.5. The Morgan fingerprint density at radius 3 is 2.88 bits per heavy atom. The normalized spacial score (nSPS) is 10.9. The maximum atomic E-state index is 6.02. The molecule has 0 atom stereocenters. The van der Waals surface area contributed by atoms with Gasteiger partial charge in [0.15, 0.2) is 0 Å². The minimum Gasteiger partial charge on any atom is -0.333 e. The molecule has 0 amide bonds. The third kappa shape index (κ3) is 2.01. The Morgan fingerprint density at radius 2 is 2.24 bits per heavy atom. The van der Waals surface area contributed by atoms with Crippen LogP contribution in [0.1, 0.15) is 4.88 Å². The third-order valence-corrected chi connectivity index (χ3v) is 4.42. The van der Waals surface area contributed by atoms with Crippen molar-refractivity contribution in [3.8, 4) is 22.2 Å². The van der Waals surface area contributed by atoms with E-state index in [1.54, 1.807) is 11.3 Å². The van der Waals surface area contributed by atoms with Crippen molar-refractivity contribution < 1.29 is 4.52 Å². The predicted molar refractivity (Wildman–Crippen MR) is 70.7 cm³/mol. The molecule has 0 saturated carbocycles. The first-order valence-corrected chi connectivity index (χ1v) is 7.00. The molecular weight excluding hydrogens is 276 g/mol. The van der Waals surface area contributed by atoms with Crippen molar-refractivity contribution in [2.75, 3.05) is 0 Å². The highest BCUT2D eigenvalue weighted by Gasteiger charge is 2.14. The molecule has 3 rings (SSSR count). The molecule has 0 aliphatic rings. The summed E-state index contributed by atoms with van der Waals surface area (Å²) in [4.78, 5) is 6.39. The number of rotatable bonds is 2. The molecule has 0 fully saturated rings. The van der Waals surface area contributed by atoms with Gasteiger partial charge in [0.25, 0.3) is 5.89 Å². The number of hydrogen-bond acceptors (Lipinski definition) is 5. The fraction of sp³-hybridized carbons (Fsp3) is 0.0909. The highest BCUT2D eigenvalue weighted by Crippen LogP contribution is 2.33. The first-order chi connectivity index (χ1) is 8.24. The van der Waals surface area contributed by atoms with E-state index in [2.05, 4.69) is 10.1 Å². The molecule has 3 aromatic heterocycles. The van der Waals surface area contributed by atoms with Crippen LogP contribution in [0.5, 0.6) is 0 Å². The zero-order valence-corrected chi connectivity index (χ0v) is 11.2. The summed E-state index contributed by atoms with van der Waals surface area (Å²) in [5.74, 6) is 1.08. The molecular formula is C11H7ClN2OS2. The van der Waals surface area contributed by atoms with Gasteiger partial charge in [-0.2, -0.15) is 4.98 Å². The maximum Gasteiger partial charge on any atom is 0.269 e. The van der Waals surface area contributed by atoms with Crippen LogP contribution in [0, 0.1) is 6.92 Å². The van der Waals surface area contributed by atoms with Gasteiger partial charge >= 0.3 is 0 Å². The molecule has 3 heterocycles. The average Bonchev–Trinajstić information content (AvgIpc) is 2.97. The third-order valence-electron chi connectivity index (χ3n) is 2.23. The zero-order valence-electron chi connectivity index (χ0n) is 8.81. The lowest BCUT2D eigenvalue weighted by Crippen LogP contribution is -1.76. The van der Waals surface area contributed by atoms with Gasteiger partial charge in [-0.05, 0) is 24.4 Å². The molecule has 0 saturated heterocycles. The summed E-state index contributed by atoms with van der Waals surface area (Å²) in [6, 6.07) is 3.86. The first kappa shape index (κ1) is 11.0. The minimum absolute atomic E-state index is 0.476. The predicted octanol–water partition coefficient (Wildman–Crippen LogP) is 4.49. The van der Waals surface area contributed by atoms with Gasteiger partial charge in [-0.3, -0.25) is 0 Å². The Hall–Kier alpha value is -1.17. The summed E-state index contributed by atoms with van der Waals surface area (Å²) in [7, 11) is 0. The molecule has 17 heavy (non-hydrogen) atoms. The van der Waals surface area contributed by atoms with Crippen molar-refractivity contribution in [3.63, 3.8) is 0 Å². The molecule has 0 aromatic carbocycles. The summed E-state index contributed by atoms with van der Waals surface area (Å²) < 4.78 is 5.22. The van der Waals surface area contributed by atoms with Gasteiger partial charge < -0.3 is 4.52 Å². The molecule has 86 valence electrons. The van der Waals surface area contributed by atoms with Crippen LogP contribution in [0.15, 0.2) is 27.4 Å². The van der Waals surface area contributed by atoms with Crippen LogP contribution in [0.25, 0.3) is 22.2 Å². The number of aryl methyl sites for hydroxylation is 1. The summed E-state index contributed by atoms with van der Waals surface area (Å²) >= 11 is 9.17. The van der Waals surface area contributed by atoms with E-state index in [-0.39, 0.29) is 0 Å². The average molecular weight is 283 g/mol. The van der Waals surface area contributed by atoms with Crippen LogP contribution in [-0.4, -0.2) is 10.1 Å². The number of halogens is 1. The van der Waals surface area contributed by atoms with E-state index in [0.29, 0.717) is 16.7 Å². The smallest absolute Gasteiger partial charge is 0.269 e. The largest absolute Gasteiger partial charge is 0.333 e. The topological polar surface area (TPSA) is 38.9 Å². The van der Waals surface area contributed by atoms with Gasteiger partial charge in [0.1, 0.15) is 4.88 Å². The van der Waals surface area contributed by atoms with E-state index < -0.39 is 0 Å². The first-order valence-electron chi connectivity index (χ1n) is 4.86. The Bertz CT molecular complexity index is 656. The van der Waals surface area contributed by atoms with Crippen LogP contribution in [0.2, 0.25) is 5.02 Å². The fourth-order valence-corrected chi connectivity index (χ4v) is 3.18. The molecule has 0 radical (unpaired) electrons. The van der Waals surface area contributed by atoms with Crippen LogP contribution >= 0.6 is 34.3 Å². The molecule has 0 bridgehead atoms. The fourth-order valence-electron chi connectivity index (χ4n) is 1.44. The highest BCUT2D eigenvalue weighted by molar-refractivity contribution is 7.14. The van der Waals surface area contributed by atoms with Gasteiger partial charge in [0.2, 0.25) is 5.82 Å². The lowest BCUT2D eigenvalue weighted by Gasteiger charge is -1.87. The number of thiophene rings is 2. The monoisotopic (exact) mass is 282 g/mol. The van der Waals surface area contributed by atoms with Crippen molar-refractivity contribution in [1.29, 1.82) is 0 Å². The summed E-state index contributed by atoms with van der Waals surface area (Å²) in [6.45, 7) is 2.05. The number of aromatic nitrogens is 2. The summed E-state index contributed by atoms with van der Waals surface area (Å²) in [5, 5.41) is 8.52. The van der Waals surface area contributed by atoms with Crippen molar-refractivity contribution >= 4 is 34.3 Å². The van der Waals surface area contributed by atoms with E-state index in [4.69, 9.17) is 16.1 Å². The SMILES string of the molecule is Cc1cc(-c2noc(-c3sccc3Cl)n2)cs1. The molecule has 3 nitrogen and oxygen atoms in total. The second kappa shape index (κ2) is 4.25. The number of hydrogen-bond donors (Lipinski definition) is 0. The van der Waals surface area contributed by atoms with Crippen LogP contribution in [0.3, 0.4) is 0 Å². The van der Waals surface area contributed by atoms with E-state index in [0.717, 1.165) is 10.4 Å². The molecule has 0 unspecified atom stereocenters. The van der Waals surface area contributed by atoms with Crippen molar-refractivity contribution in [2.45, 2.75) is 6.92 Å². The van der Waals surface area contributed by atoms with Gasteiger partial charge in [0, 0.05) is 15.8 Å². The molecule has 3 aromatic rings. The number of nitrogens with zero attached hydrogens (tertiary/aromatic N) is 2. The van der Waals surface area contributed by atoms with E-state index >= 15 is 0 Å². The zero-order chi connectivity index (χ0) is 11.8. The van der Waals surface area contributed by atoms with Crippen LogP contribution in [0.4, 0.5) is 0 Å². The van der Waals surface area contributed by atoms with Gasteiger partial charge in [-0.25, -0.2) is 0 Å². The molecule has 0 N–H and O–H groups in total. The minimum atomic E-state index is 0.476. The maximum absolute atomic E-state index is 6.02. The van der Waals surface area contributed by atoms with E-state index in [1.165, 1.54) is 16.2 Å². The van der Waals surface area contributed by atoms with Crippen molar-refractivity contribution in [3.05, 3.63) is 32.8 Å². The van der Waals surface area contributed by atoms with Crippen LogP contribution < -0.4 is 0 Å². The standard InChI is InChI=1S/C11H7ClN2OS2/c1-6-4-7(5-17-6)10-13-11(15-14-10)9-8(12)2-3-16-9/h2-5H,1H3. The lowest BCUT2D eigenvalue weighted by atomic mass is 10.3. The second-order valence-corrected chi connectivity index (χ2v) is 5.91. The Morgan fingerprint density at radius 1 is 1.35 bits per heavy atom. The Kier molecular flexibility index (Phi) is 2.74. The van der Waals surface area contributed by atoms with E-state index in [9.17, 15) is 0 Å².